The number of nitrogens with zero attached hydrogens (tertiary/aromatic N) is 5. The van der Waals surface area contributed by atoms with E-state index in [4.69, 9.17) is 5.73 Å². The highest BCUT2D eigenvalue weighted by Gasteiger charge is 2.39. The summed E-state index contributed by atoms with van der Waals surface area (Å²) < 4.78 is 46.1. The van der Waals surface area contributed by atoms with Crippen LogP contribution in [0.1, 0.15) is 44.6 Å². The molecule has 0 spiro atoms. The Morgan fingerprint density at radius 3 is 2.70 bits per heavy atom. The van der Waals surface area contributed by atoms with Crippen LogP contribution in [0.25, 0.3) is 11.2 Å². The standard InChI is InChI=1S/C21H27F3IN7S/c1-13(26)29-25-19(33)31-11-8-16(9-12-31)27-20-28-18-17(3-2-10-32(18)30-20)14-4-6-15(7-5-14)21(22,23)24/h2-4,10,15-16,33H,5-9,11-12H2,1H3,(H2,26,29)(H,27,30). The average Bonchev–Trinajstić information content (AvgIpc) is 3.20. The first-order chi connectivity index (χ1) is 15.7. The van der Waals surface area contributed by atoms with Crippen molar-refractivity contribution in [2.45, 2.75) is 51.2 Å². The lowest BCUT2D eigenvalue weighted by atomic mass is 9.86. The summed E-state index contributed by atoms with van der Waals surface area (Å²) in [6.45, 7) is 3.54. The lowest BCUT2D eigenvalue weighted by Crippen LogP contribution is -2.40. The Hall–Kier alpha value is -1.67. The van der Waals surface area contributed by atoms with Crippen LogP contribution < -0.4 is 11.1 Å². The van der Waals surface area contributed by atoms with Gasteiger partial charge in [0.15, 0.2) is 5.65 Å². The number of anilines is 1. The topological polar surface area (TPSA) is 83.8 Å². The molecule has 3 N–H and O–H groups in total. The smallest absolute Gasteiger partial charge is 0.387 e. The van der Waals surface area contributed by atoms with Gasteiger partial charge in [0.05, 0.1) is 29.9 Å². The molecule has 2 aromatic heterocycles. The zero-order chi connectivity index (χ0) is 23.6. The van der Waals surface area contributed by atoms with Gasteiger partial charge in [0.25, 0.3) is 0 Å². The highest BCUT2D eigenvalue weighted by molar-refractivity contribution is 14.2. The average molecular weight is 593 g/mol. The van der Waals surface area contributed by atoms with Crippen LogP contribution in [0.5, 0.6) is 0 Å². The molecule has 33 heavy (non-hydrogen) atoms. The van der Waals surface area contributed by atoms with Crippen molar-refractivity contribution >= 4 is 59.6 Å². The third-order valence-electron chi connectivity index (χ3n) is 5.92. The largest absolute Gasteiger partial charge is 0.392 e. The fourth-order valence-electron chi connectivity index (χ4n) is 4.14. The highest BCUT2D eigenvalue weighted by Crippen LogP contribution is 2.40. The molecule has 2 aromatic rings. The number of allylic oxidation sites excluding steroid dienone is 2. The van der Waals surface area contributed by atoms with Gasteiger partial charge >= 0.3 is 6.18 Å². The van der Waals surface area contributed by atoms with E-state index in [0.717, 1.165) is 40.0 Å². The number of nitrogens with one attached hydrogen (secondary N) is 1. The summed E-state index contributed by atoms with van der Waals surface area (Å²) in [4.78, 5) is 6.92. The lowest BCUT2D eigenvalue weighted by molar-refractivity contribution is -0.175. The van der Waals surface area contributed by atoms with Crippen LogP contribution in [0.2, 0.25) is 0 Å². The predicted molar refractivity (Wildman–Crippen MR) is 138 cm³/mol. The molecule has 180 valence electrons. The van der Waals surface area contributed by atoms with E-state index < -0.39 is 33.1 Å². The van der Waals surface area contributed by atoms with Crippen molar-refractivity contribution in [3.05, 3.63) is 30.0 Å². The Morgan fingerprint density at radius 1 is 1.30 bits per heavy atom. The maximum Gasteiger partial charge on any atom is 0.392 e. The van der Waals surface area contributed by atoms with Crippen LogP contribution in [0.3, 0.4) is 0 Å². The molecular formula is C21H27F3IN7S. The lowest BCUT2D eigenvalue weighted by Gasteiger charge is -2.31. The number of hydrogen-bond donors (Lipinski definition) is 3. The van der Waals surface area contributed by atoms with E-state index in [1.54, 1.807) is 17.5 Å². The van der Waals surface area contributed by atoms with E-state index in [1.165, 1.54) is 0 Å². The summed E-state index contributed by atoms with van der Waals surface area (Å²) in [5, 5.41) is 7.97. The third-order valence-corrected chi connectivity index (χ3v) is 8.83. The van der Waals surface area contributed by atoms with Gasteiger partial charge in [0, 0.05) is 30.9 Å². The minimum atomic E-state index is -4.14. The molecule has 1 unspecified atom stereocenters. The van der Waals surface area contributed by atoms with Gasteiger partial charge in [0.1, 0.15) is 5.84 Å². The first-order valence-electron chi connectivity index (χ1n) is 10.8. The number of amidine groups is 1. The molecule has 1 aliphatic carbocycles. The maximum atomic E-state index is 13.0. The minimum absolute atomic E-state index is 0.0142. The van der Waals surface area contributed by atoms with E-state index in [0.29, 0.717) is 23.9 Å². The Balaban J connectivity index is 1.42. The van der Waals surface area contributed by atoms with Crippen molar-refractivity contribution in [3.63, 3.8) is 0 Å². The molecule has 1 aliphatic heterocycles. The Bertz CT molecular complexity index is 1080. The minimum Gasteiger partial charge on any atom is -0.387 e. The molecule has 7 nitrogen and oxygen atoms in total. The second-order valence-electron chi connectivity index (χ2n) is 8.35. The molecule has 3 heterocycles. The van der Waals surface area contributed by atoms with Crippen molar-refractivity contribution in [1.29, 1.82) is 0 Å². The Morgan fingerprint density at radius 2 is 2.06 bits per heavy atom. The zero-order valence-corrected chi connectivity index (χ0v) is 21.2. The fourth-order valence-corrected chi connectivity index (χ4v) is 5.98. The number of likely N-dealkylation sites (tertiary alicyclic amines) is 1. The van der Waals surface area contributed by atoms with Gasteiger partial charge in [-0.25, -0.2) is 7.72 Å². The summed E-state index contributed by atoms with van der Waals surface area (Å²) in [7, 11) is 0. The second-order valence-corrected chi connectivity index (χ2v) is 11.6. The summed E-state index contributed by atoms with van der Waals surface area (Å²) >= 11 is 4.06. The van der Waals surface area contributed by atoms with Crippen molar-refractivity contribution in [2.75, 3.05) is 18.4 Å². The molecular weight excluding hydrogens is 566 g/mol. The molecule has 1 atom stereocenters. The maximum absolute atomic E-state index is 13.0. The number of fused-ring (bicyclic) bond motifs is 1. The van der Waals surface area contributed by atoms with E-state index in [-0.39, 0.29) is 18.9 Å². The van der Waals surface area contributed by atoms with Crippen molar-refractivity contribution in [2.24, 2.45) is 14.9 Å². The second kappa shape index (κ2) is 10.3. The first-order valence-corrected chi connectivity index (χ1v) is 13.3. The normalized spacial score (nSPS) is 22.2. The number of aromatic nitrogens is 3. The van der Waals surface area contributed by atoms with E-state index in [2.05, 4.69) is 36.1 Å². The molecule has 4 rings (SSSR count). The first kappa shape index (κ1) is 24.5. The van der Waals surface area contributed by atoms with Crippen molar-refractivity contribution in [3.8, 4) is 0 Å². The van der Waals surface area contributed by atoms with Gasteiger partial charge in [-0.2, -0.15) is 18.2 Å². The van der Waals surface area contributed by atoms with Crippen LogP contribution in [-0.4, -0.2) is 53.6 Å². The van der Waals surface area contributed by atoms with Crippen LogP contribution >= 0.6 is 33.6 Å². The van der Waals surface area contributed by atoms with Crippen molar-refractivity contribution in [1.82, 2.24) is 19.5 Å². The van der Waals surface area contributed by atoms with Crippen LogP contribution in [0.15, 0.2) is 27.6 Å². The molecule has 1 saturated heterocycles. The predicted octanol–water partition coefficient (Wildman–Crippen LogP) is 4.63. The Labute approximate surface area is 206 Å². The van der Waals surface area contributed by atoms with E-state index in [9.17, 15) is 13.2 Å². The number of halogens is 4. The number of nitrogens with two attached hydrogens (primary N) is 1. The van der Waals surface area contributed by atoms with Gasteiger partial charge in [-0.3, -0.25) is 4.90 Å². The highest BCUT2D eigenvalue weighted by atomic mass is 127. The molecule has 0 aromatic carbocycles. The molecule has 12 heteroatoms. The third kappa shape index (κ3) is 6.07. The summed E-state index contributed by atoms with van der Waals surface area (Å²) in [6, 6.07) is 4.00. The monoisotopic (exact) mass is 593 g/mol. The number of thiol groups is 1. The van der Waals surface area contributed by atoms with Crippen molar-refractivity contribution < 1.29 is 13.2 Å². The number of hydrogen-bond acceptors (Lipinski definition) is 6. The molecule has 0 saturated carbocycles. The molecule has 1 fully saturated rings. The van der Waals surface area contributed by atoms with Crippen LogP contribution in [0, 0.1) is 5.92 Å². The SMILES string of the molecule is CC(N)=NI=C(S)N1CCC(Nc2nc3c(C4=CCC(C(F)(F)F)CC4)cccn3n2)CC1. The number of piperidine rings is 1. The van der Waals surface area contributed by atoms with E-state index >= 15 is 0 Å². The fraction of sp³-hybridized carbons (Fsp3) is 0.524. The van der Waals surface area contributed by atoms with Gasteiger partial charge in [0.2, 0.25) is 5.95 Å². The van der Waals surface area contributed by atoms with Crippen LogP contribution in [-0.2, 0) is 0 Å². The quantitative estimate of drug-likeness (QED) is 0.204. The molecule has 0 bridgehead atoms. The van der Waals surface area contributed by atoms with Gasteiger partial charge < -0.3 is 11.1 Å². The Kier molecular flexibility index (Phi) is 7.63. The molecule has 2 aliphatic rings. The van der Waals surface area contributed by atoms with E-state index in [1.807, 2.05) is 18.3 Å². The van der Waals surface area contributed by atoms with Gasteiger partial charge in [-0.15, -0.1) is 17.7 Å². The van der Waals surface area contributed by atoms with Crippen LogP contribution in [0.4, 0.5) is 19.1 Å². The molecule has 0 amide bonds. The summed E-state index contributed by atoms with van der Waals surface area (Å²) in [6.07, 6.45) is 1.73. The summed E-state index contributed by atoms with van der Waals surface area (Å²) in [5.74, 6) is -0.131. The number of rotatable bonds is 5. The van der Waals surface area contributed by atoms with Gasteiger partial charge in [-0.05, 0) is 56.7 Å². The number of pyridine rings is 1. The zero-order valence-electron chi connectivity index (χ0n) is 18.2. The number of alkyl halides is 3. The van der Waals surface area contributed by atoms with Gasteiger partial charge in [-0.1, -0.05) is 6.08 Å². The molecule has 0 radical (unpaired) electrons. The summed E-state index contributed by atoms with van der Waals surface area (Å²) in [5.41, 5.74) is 8.05.